The van der Waals surface area contributed by atoms with Gasteiger partial charge in [0.1, 0.15) is 5.82 Å². The second kappa shape index (κ2) is 6.63. The SMILES string of the molecule is CCN1CCN(Cc2cc(F)ccc2C=NN)CC1. The highest BCUT2D eigenvalue weighted by molar-refractivity contribution is 5.81. The highest BCUT2D eigenvalue weighted by Crippen LogP contribution is 2.14. The summed E-state index contributed by atoms with van der Waals surface area (Å²) in [4.78, 5) is 4.76. The van der Waals surface area contributed by atoms with Gasteiger partial charge in [0.15, 0.2) is 0 Å². The van der Waals surface area contributed by atoms with E-state index < -0.39 is 0 Å². The Kier molecular flexibility index (Phi) is 4.87. The summed E-state index contributed by atoms with van der Waals surface area (Å²) in [5.74, 6) is 4.98. The summed E-state index contributed by atoms with van der Waals surface area (Å²) in [7, 11) is 0. The molecule has 0 atom stereocenters. The average molecular weight is 264 g/mol. The van der Waals surface area contributed by atoms with E-state index in [4.69, 9.17) is 5.84 Å². The molecule has 0 aromatic heterocycles. The molecule has 1 fully saturated rings. The van der Waals surface area contributed by atoms with Crippen molar-refractivity contribution in [2.24, 2.45) is 10.9 Å². The molecule has 19 heavy (non-hydrogen) atoms. The summed E-state index contributed by atoms with van der Waals surface area (Å²) in [6.45, 7) is 8.21. The van der Waals surface area contributed by atoms with Crippen LogP contribution in [0.2, 0.25) is 0 Å². The molecule has 2 rings (SSSR count). The molecule has 1 aliphatic rings. The van der Waals surface area contributed by atoms with E-state index in [1.54, 1.807) is 18.3 Å². The number of nitrogens with two attached hydrogens (primary N) is 1. The van der Waals surface area contributed by atoms with Crippen molar-refractivity contribution in [3.8, 4) is 0 Å². The van der Waals surface area contributed by atoms with Crippen LogP contribution in [0, 0.1) is 5.82 Å². The minimum absolute atomic E-state index is 0.212. The Balaban J connectivity index is 2.04. The fraction of sp³-hybridized carbons (Fsp3) is 0.500. The number of hydrogen-bond acceptors (Lipinski definition) is 4. The van der Waals surface area contributed by atoms with Crippen molar-refractivity contribution in [2.45, 2.75) is 13.5 Å². The Morgan fingerprint density at radius 1 is 1.26 bits per heavy atom. The molecular weight excluding hydrogens is 243 g/mol. The van der Waals surface area contributed by atoms with E-state index in [9.17, 15) is 4.39 Å². The van der Waals surface area contributed by atoms with Gasteiger partial charge in [0.05, 0.1) is 6.21 Å². The van der Waals surface area contributed by atoms with Gasteiger partial charge in [-0.2, -0.15) is 5.10 Å². The maximum absolute atomic E-state index is 13.4. The van der Waals surface area contributed by atoms with Gasteiger partial charge in [0.2, 0.25) is 0 Å². The first-order chi connectivity index (χ1) is 9.22. The fourth-order valence-electron chi connectivity index (χ4n) is 2.42. The van der Waals surface area contributed by atoms with Gasteiger partial charge in [-0.25, -0.2) is 4.39 Å². The molecule has 1 aromatic carbocycles. The third-order valence-electron chi connectivity index (χ3n) is 3.62. The highest BCUT2D eigenvalue weighted by atomic mass is 19.1. The zero-order chi connectivity index (χ0) is 13.7. The van der Waals surface area contributed by atoms with Crippen molar-refractivity contribution in [1.29, 1.82) is 0 Å². The molecule has 1 aromatic rings. The maximum Gasteiger partial charge on any atom is 0.123 e. The second-order valence-corrected chi connectivity index (χ2v) is 4.83. The lowest BCUT2D eigenvalue weighted by Crippen LogP contribution is -2.45. The smallest absolute Gasteiger partial charge is 0.123 e. The first-order valence-electron chi connectivity index (χ1n) is 6.69. The van der Waals surface area contributed by atoms with Gasteiger partial charge < -0.3 is 10.7 Å². The van der Waals surface area contributed by atoms with E-state index in [1.807, 2.05) is 0 Å². The van der Waals surface area contributed by atoms with Crippen LogP contribution in [-0.4, -0.2) is 48.7 Å². The molecule has 0 bridgehead atoms. The number of hydrogen-bond donors (Lipinski definition) is 1. The number of hydrazone groups is 1. The van der Waals surface area contributed by atoms with E-state index in [0.717, 1.165) is 50.4 Å². The zero-order valence-electron chi connectivity index (χ0n) is 11.3. The molecule has 0 aliphatic carbocycles. The van der Waals surface area contributed by atoms with Gasteiger partial charge in [-0.1, -0.05) is 13.0 Å². The summed E-state index contributed by atoms with van der Waals surface area (Å²) < 4.78 is 13.4. The first-order valence-corrected chi connectivity index (χ1v) is 6.69. The molecule has 0 saturated carbocycles. The molecule has 0 radical (unpaired) electrons. The molecule has 4 nitrogen and oxygen atoms in total. The number of likely N-dealkylation sites (N-methyl/N-ethyl adjacent to an activating group) is 1. The van der Waals surface area contributed by atoms with Crippen LogP contribution in [0.5, 0.6) is 0 Å². The predicted molar refractivity (Wildman–Crippen MR) is 75.6 cm³/mol. The van der Waals surface area contributed by atoms with Crippen molar-refractivity contribution < 1.29 is 4.39 Å². The third kappa shape index (κ3) is 3.75. The predicted octanol–water partition coefficient (Wildman–Crippen LogP) is 1.26. The summed E-state index contributed by atoms with van der Waals surface area (Å²) in [5, 5.41) is 3.54. The summed E-state index contributed by atoms with van der Waals surface area (Å²) in [5.41, 5.74) is 1.83. The fourth-order valence-corrected chi connectivity index (χ4v) is 2.42. The Bertz CT molecular complexity index is 439. The normalized spacial score (nSPS) is 18.2. The van der Waals surface area contributed by atoms with Gasteiger partial charge >= 0.3 is 0 Å². The molecule has 0 spiro atoms. The van der Waals surface area contributed by atoms with E-state index >= 15 is 0 Å². The topological polar surface area (TPSA) is 44.9 Å². The van der Waals surface area contributed by atoms with Crippen LogP contribution in [0.1, 0.15) is 18.1 Å². The molecule has 0 unspecified atom stereocenters. The van der Waals surface area contributed by atoms with Crippen LogP contribution in [0.25, 0.3) is 0 Å². The van der Waals surface area contributed by atoms with Crippen LogP contribution < -0.4 is 5.84 Å². The van der Waals surface area contributed by atoms with Gasteiger partial charge in [-0.15, -0.1) is 0 Å². The van der Waals surface area contributed by atoms with Crippen LogP contribution in [-0.2, 0) is 6.54 Å². The van der Waals surface area contributed by atoms with Crippen molar-refractivity contribution in [3.63, 3.8) is 0 Å². The molecule has 104 valence electrons. The lowest BCUT2D eigenvalue weighted by molar-refractivity contribution is 0.132. The van der Waals surface area contributed by atoms with Crippen molar-refractivity contribution in [2.75, 3.05) is 32.7 Å². The van der Waals surface area contributed by atoms with E-state index in [0.29, 0.717) is 0 Å². The molecule has 0 amide bonds. The number of halogens is 1. The van der Waals surface area contributed by atoms with Gasteiger partial charge in [0.25, 0.3) is 0 Å². The molecule has 5 heteroatoms. The first kappa shape index (κ1) is 14.0. The largest absolute Gasteiger partial charge is 0.323 e. The zero-order valence-corrected chi connectivity index (χ0v) is 11.3. The minimum Gasteiger partial charge on any atom is -0.323 e. The van der Waals surface area contributed by atoms with E-state index in [1.165, 1.54) is 6.07 Å². The van der Waals surface area contributed by atoms with Crippen LogP contribution in [0.15, 0.2) is 23.3 Å². The Labute approximate surface area is 113 Å². The monoisotopic (exact) mass is 264 g/mol. The Hall–Kier alpha value is -1.46. The van der Waals surface area contributed by atoms with Crippen molar-refractivity contribution in [1.82, 2.24) is 9.80 Å². The molecule has 1 heterocycles. The molecule has 1 saturated heterocycles. The number of nitrogens with zero attached hydrogens (tertiary/aromatic N) is 3. The van der Waals surface area contributed by atoms with Gasteiger partial charge in [-0.05, 0) is 29.8 Å². The Morgan fingerprint density at radius 2 is 1.95 bits per heavy atom. The summed E-state index contributed by atoms with van der Waals surface area (Å²) in [6.07, 6.45) is 1.58. The highest BCUT2D eigenvalue weighted by Gasteiger charge is 2.16. The van der Waals surface area contributed by atoms with Crippen molar-refractivity contribution in [3.05, 3.63) is 35.1 Å². The van der Waals surface area contributed by atoms with E-state index in [2.05, 4.69) is 21.8 Å². The third-order valence-corrected chi connectivity index (χ3v) is 3.62. The lowest BCUT2D eigenvalue weighted by atomic mass is 10.1. The second-order valence-electron chi connectivity index (χ2n) is 4.83. The van der Waals surface area contributed by atoms with Crippen molar-refractivity contribution >= 4 is 6.21 Å². The molecular formula is C14H21FN4. The summed E-state index contributed by atoms with van der Waals surface area (Å²) >= 11 is 0. The molecule has 1 aliphatic heterocycles. The maximum atomic E-state index is 13.4. The quantitative estimate of drug-likeness (QED) is 0.506. The van der Waals surface area contributed by atoms with Gasteiger partial charge in [0, 0.05) is 32.7 Å². The van der Waals surface area contributed by atoms with Gasteiger partial charge in [-0.3, -0.25) is 4.90 Å². The van der Waals surface area contributed by atoms with E-state index in [-0.39, 0.29) is 5.82 Å². The van der Waals surface area contributed by atoms with Crippen LogP contribution in [0.3, 0.4) is 0 Å². The average Bonchev–Trinajstić information content (AvgIpc) is 2.43. The summed E-state index contributed by atoms with van der Waals surface area (Å²) in [6, 6.07) is 4.74. The lowest BCUT2D eigenvalue weighted by Gasteiger charge is -2.34. The number of rotatable bonds is 4. The number of benzene rings is 1. The Morgan fingerprint density at radius 3 is 2.58 bits per heavy atom. The standard InChI is InChI=1S/C14H21FN4/c1-2-18-5-7-19(8-6-18)11-13-9-14(15)4-3-12(13)10-17-16/h3-4,9-10H,2,5-8,11,16H2,1H3. The number of piperazine rings is 1. The molecule has 2 N–H and O–H groups in total. The van der Waals surface area contributed by atoms with Crippen LogP contribution >= 0.6 is 0 Å². The van der Waals surface area contributed by atoms with Crippen LogP contribution in [0.4, 0.5) is 4.39 Å². The minimum atomic E-state index is -0.212.